The Morgan fingerprint density at radius 3 is 2.67 bits per heavy atom. The fraction of sp³-hybridized carbons (Fsp3) is 1.00. The first kappa shape index (κ1) is 14.3. The summed E-state index contributed by atoms with van der Waals surface area (Å²) in [6.45, 7) is 10.0. The molecule has 3 heteroatoms. The Hall–Kier alpha value is -0.120. The quantitative estimate of drug-likeness (QED) is 0.824. The van der Waals surface area contributed by atoms with Crippen LogP contribution in [0.2, 0.25) is 0 Å². The van der Waals surface area contributed by atoms with Crippen molar-refractivity contribution in [3.8, 4) is 0 Å². The topological polar surface area (TPSA) is 18.5 Å². The number of nitrogens with one attached hydrogen (secondary N) is 1. The molecule has 2 aliphatic heterocycles. The summed E-state index contributed by atoms with van der Waals surface area (Å²) in [6.07, 6.45) is 7.03. The van der Waals surface area contributed by atoms with Crippen molar-refractivity contribution in [3.63, 3.8) is 0 Å². The largest absolute Gasteiger partial charge is 0.319 e. The van der Waals surface area contributed by atoms with Crippen LogP contribution in [0.15, 0.2) is 0 Å². The molecule has 0 aromatic rings. The molecule has 0 aromatic heterocycles. The van der Waals surface area contributed by atoms with Crippen LogP contribution in [0.4, 0.5) is 0 Å². The zero-order valence-electron chi connectivity index (χ0n) is 12.3. The molecule has 0 bridgehead atoms. The third kappa shape index (κ3) is 3.94. The fourth-order valence-electron chi connectivity index (χ4n) is 3.70. The number of likely N-dealkylation sites (tertiary alicyclic amines) is 2. The van der Waals surface area contributed by atoms with Crippen LogP contribution in [0.25, 0.3) is 0 Å². The second-order valence-electron chi connectivity index (χ2n) is 6.08. The van der Waals surface area contributed by atoms with E-state index in [0.717, 1.165) is 12.0 Å². The van der Waals surface area contributed by atoms with Gasteiger partial charge in [-0.05, 0) is 77.8 Å². The van der Waals surface area contributed by atoms with E-state index in [-0.39, 0.29) is 0 Å². The van der Waals surface area contributed by atoms with Crippen LogP contribution in [0, 0.1) is 5.92 Å². The van der Waals surface area contributed by atoms with E-state index in [1.54, 1.807) is 0 Å². The van der Waals surface area contributed by atoms with Gasteiger partial charge in [-0.3, -0.25) is 0 Å². The molecule has 3 nitrogen and oxygen atoms in total. The SMILES string of the molecule is CCN1CCCC(N2CCCC(CNC)C2)CC1. The van der Waals surface area contributed by atoms with Crippen LogP contribution in [0.5, 0.6) is 0 Å². The summed E-state index contributed by atoms with van der Waals surface area (Å²) in [4.78, 5) is 5.42. The van der Waals surface area contributed by atoms with E-state index in [4.69, 9.17) is 0 Å². The van der Waals surface area contributed by atoms with Gasteiger partial charge in [0.25, 0.3) is 0 Å². The van der Waals surface area contributed by atoms with Gasteiger partial charge < -0.3 is 15.1 Å². The highest BCUT2D eigenvalue weighted by Crippen LogP contribution is 2.23. The lowest BCUT2D eigenvalue weighted by Gasteiger charge is -2.38. The average Bonchev–Trinajstić information content (AvgIpc) is 2.65. The first-order chi connectivity index (χ1) is 8.83. The molecule has 0 spiro atoms. The van der Waals surface area contributed by atoms with Gasteiger partial charge in [0, 0.05) is 12.6 Å². The molecule has 2 saturated heterocycles. The molecule has 106 valence electrons. The van der Waals surface area contributed by atoms with E-state index in [9.17, 15) is 0 Å². The summed E-state index contributed by atoms with van der Waals surface area (Å²) in [6, 6.07) is 0.862. The molecule has 2 fully saturated rings. The molecule has 0 amide bonds. The number of piperidine rings is 1. The van der Waals surface area contributed by atoms with Gasteiger partial charge in [0.2, 0.25) is 0 Å². The molecule has 2 atom stereocenters. The van der Waals surface area contributed by atoms with Crippen LogP contribution in [0.3, 0.4) is 0 Å². The van der Waals surface area contributed by atoms with Crippen molar-refractivity contribution in [2.24, 2.45) is 5.92 Å². The third-order valence-electron chi connectivity index (χ3n) is 4.80. The van der Waals surface area contributed by atoms with Crippen molar-refractivity contribution in [1.82, 2.24) is 15.1 Å². The maximum absolute atomic E-state index is 3.35. The van der Waals surface area contributed by atoms with Crippen molar-refractivity contribution < 1.29 is 0 Å². The number of hydrogen-bond donors (Lipinski definition) is 1. The fourth-order valence-corrected chi connectivity index (χ4v) is 3.70. The van der Waals surface area contributed by atoms with Crippen LogP contribution in [-0.2, 0) is 0 Å². The van der Waals surface area contributed by atoms with Crippen LogP contribution >= 0.6 is 0 Å². The number of nitrogens with zero attached hydrogens (tertiary/aromatic N) is 2. The van der Waals surface area contributed by atoms with Crippen molar-refractivity contribution in [3.05, 3.63) is 0 Å². The number of hydrogen-bond acceptors (Lipinski definition) is 3. The summed E-state index contributed by atoms with van der Waals surface area (Å²) >= 11 is 0. The molecule has 1 N–H and O–H groups in total. The van der Waals surface area contributed by atoms with Gasteiger partial charge in [-0.15, -0.1) is 0 Å². The Morgan fingerprint density at radius 2 is 1.89 bits per heavy atom. The average molecular weight is 253 g/mol. The van der Waals surface area contributed by atoms with E-state index in [1.165, 1.54) is 71.4 Å². The first-order valence-corrected chi connectivity index (χ1v) is 7.94. The second kappa shape index (κ2) is 7.46. The molecular formula is C15H31N3. The van der Waals surface area contributed by atoms with Crippen LogP contribution in [-0.4, -0.2) is 62.2 Å². The molecular weight excluding hydrogens is 222 g/mol. The predicted octanol–water partition coefficient (Wildman–Crippen LogP) is 1.79. The Morgan fingerprint density at radius 1 is 1.06 bits per heavy atom. The van der Waals surface area contributed by atoms with Crippen LogP contribution < -0.4 is 5.32 Å². The monoisotopic (exact) mass is 253 g/mol. The summed E-state index contributed by atoms with van der Waals surface area (Å²) < 4.78 is 0. The highest BCUT2D eigenvalue weighted by atomic mass is 15.2. The second-order valence-corrected chi connectivity index (χ2v) is 6.08. The molecule has 0 aromatic carbocycles. The molecule has 0 saturated carbocycles. The molecule has 2 unspecified atom stereocenters. The lowest BCUT2D eigenvalue weighted by atomic mass is 9.95. The van der Waals surface area contributed by atoms with Gasteiger partial charge >= 0.3 is 0 Å². The van der Waals surface area contributed by atoms with E-state index >= 15 is 0 Å². The first-order valence-electron chi connectivity index (χ1n) is 7.94. The number of rotatable bonds is 4. The van der Waals surface area contributed by atoms with Crippen molar-refractivity contribution in [2.75, 3.05) is 46.3 Å². The maximum Gasteiger partial charge on any atom is 0.0108 e. The molecule has 2 rings (SSSR count). The highest BCUT2D eigenvalue weighted by molar-refractivity contribution is 4.82. The maximum atomic E-state index is 3.35. The minimum atomic E-state index is 0.862. The zero-order valence-corrected chi connectivity index (χ0v) is 12.3. The smallest absolute Gasteiger partial charge is 0.0108 e. The Labute approximate surface area is 113 Å². The highest BCUT2D eigenvalue weighted by Gasteiger charge is 2.26. The Balaban J connectivity index is 1.82. The van der Waals surface area contributed by atoms with E-state index < -0.39 is 0 Å². The van der Waals surface area contributed by atoms with Gasteiger partial charge in [0.15, 0.2) is 0 Å². The standard InChI is InChI=1S/C15H31N3/c1-3-17-9-5-7-15(8-11-17)18-10-4-6-14(13-18)12-16-2/h14-16H,3-13H2,1-2H3. The lowest BCUT2D eigenvalue weighted by Crippen LogP contribution is -2.45. The van der Waals surface area contributed by atoms with E-state index in [2.05, 4.69) is 29.1 Å². The summed E-state index contributed by atoms with van der Waals surface area (Å²) in [5.41, 5.74) is 0. The summed E-state index contributed by atoms with van der Waals surface area (Å²) in [5.74, 6) is 0.884. The minimum absolute atomic E-state index is 0.862. The van der Waals surface area contributed by atoms with E-state index in [1.807, 2.05) is 0 Å². The molecule has 0 radical (unpaired) electrons. The molecule has 2 heterocycles. The Bertz CT molecular complexity index is 230. The van der Waals surface area contributed by atoms with Gasteiger partial charge in [-0.1, -0.05) is 6.92 Å². The van der Waals surface area contributed by atoms with Gasteiger partial charge in [-0.25, -0.2) is 0 Å². The zero-order chi connectivity index (χ0) is 12.8. The Kier molecular flexibility index (Phi) is 5.93. The van der Waals surface area contributed by atoms with E-state index in [0.29, 0.717) is 0 Å². The summed E-state index contributed by atoms with van der Waals surface area (Å²) in [7, 11) is 2.09. The molecule has 0 aliphatic carbocycles. The van der Waals surface area contributed by atoms with Crippen molar-refractivity contribution >= 4 is 0 Å². The lowest BCUT2D eigenvalue weighted by molar-refractivity contribution is 0.112. The van der Waals surface area contributed by atoms with Crippen molar-refractivity contribution in [1.29, 1.82) is 0 Å². The van der Waals surface area contributed by atoms with Gasteiger partial charge in [-0.2, -0.15) is 0 Å². The molecule has 2 aliphatic rings. The third-order valence-corrected chi connectivity index (χ3v) is 4.80. The molecule has 18 heavy (non-hydrogen) atoms. The van der Waals surface area contributed by atoms with Gasteiger partial charge in [0.1, 0.15) is 0 Å². The van der Waals surface area contributed by atoms with Crippen molar-refractivity contribution in [2.45, 2.75) is 45.1 Å². The predicted molar refractivity (Wildman–Crippen MR) is 78.0 cm³/mol. The normalized spacial score (nSPS) is 32.3. The minimum Gasteiger partial charge on any atom is -0.319 e. The van der Waals surface area contributed by atoms with Crippen LogP contribution in [0.1, 0.15) is 39.0 Å². The van der Waals surface area contributed by atoms with Gasteiger partial charge in [0.05, 0.1) is 0 Å². The summed E-state index contributed by atoms with van der Waals surface area (Å²) in [5, 5.41) is 3.35.